The number of tetrazole rings is 2. The van der Waals surface area contributed by atoms with Crippen molar-refractivity contribution in [2.45, 2.75) is 57.0 Å². The second-order valence-electron chi connectivity index (χ2n) is 8.86. The Kier molecular flexibility index (Phi) is 4.94. The molecule has 0 bridgehead atoms. The Hall–Kier alpha value is -3.14. The summed E-state index contributed by atoms with van der Waals surface area (Å²) >= 11 is 0. The van der Waals surface area contributed by atoms with Crippen LogP contribution in [-0.2, 0) is 0 Å². The minimum absolute atomic E-state index is 0.0918. The Bertz CT molecular complexity index is 1240. The number of benzene rings is 1. The average Bonchev–Trinajstić information content (AvgIpc) is 3.61. The zero-order valence-corrected chi connectivity index (χ0v) is 18.3. The van der Waals surface area contributed by atoms with Crippen molar-refractivity contribution in [1.29, 1.82) is 0 Å². The van der Waals surface area contributed by atoms with E-state index in [0.717, 1.165) is 59.6 Å². The third kappa shape index (κ3) is 3.21. The van der Waals surface area contributed by atoms with E-state index in [4.69, 9.17) is 4.74 Å². The smallest absolute Gasteiger partial charge is 0.185 e. The van der Waals surface area contributed by atoms with Crippen LogP contribution in [0.5, 0.6) is 5.75 Å². The van der Waals surface area contributed by atoms with Crippen molar-refractivity contribution in [3.05, 3.63) is 35.7 Å². The molecule has 166 valence electrons. The number of rotatable bonds is 5. The number of hydrogen-bond donors (Lipinski definition) is 0. The first kappa shape index (κ1) is 19.5. The van der Waals surface area contributed by atoms with E-state index >= 15 is 0 Å². The van der Waals surface area contributed by atoms with Gasteiger partial charge in [0.2, 0.25) is 0 Å². The maximum Gasteiger partial charge on any atom is 0.185 e. The van der Waals surface area contributed by atoms with Crippen LogP contribution in [0.1, 0.15) is 68.4 Å². The largest absolute Gasteiger partial charge is 0.497 e. The monoisotopic (exact) mass is 433 g/mol. The van der Waals surface area contributed by atoms with Gasteiger partial charge in [0.05, 0.1) is 18.7 Å². The van der Waals surface area contributed by atoms with Crippen molar-refractivity contribution in [2.24, 2.45) is 0 Å². The number of pyridine rings is 1. The van der Waals surface area contributed by atoms with Gasteiger partial charge in [0.25, 0.3) is 0 Å². The summed E-state index contributed by atoms with van der Waals surface area (Å²) in [5.74, 6) is 1.68. The lowest BCUT2D eigenvalue weighted by Crippen LogP contribution is -2.36. The molecule has 1 aliphatic heterocycles. The molecule has 32 heavy (non-hydrogen) atoms. The third-order valence-corrected chi connectivity index (χ3v) is 6.99. The molecule has 2 fully saturated rings. The molecule has 0 amide bonds. The summed E-state index contributed by atoms with van der Waals surface area (Å²) < 4.78 is 9.32. The molecular weight excluding hydrogens is 406 g/mol. The van der Waals surface area contributed by atoms with E-state index in [1.165, 1.54) is 32.1 Å². The maximum absolute atomic E-state index is 5.43. The van der Waals surface area contributed by atoms with E-state index in [-0.39, 0.29) is 6.04 Å². The highest BCUT2D eigenvalue weighted by molar-refractivity contribution is 5.84. The molecule has 3 aromatic heterocycles. The van der Waals surface area contributed by atoms with Gasteiger partial charge in [-0.15, -0.1) is 10.2 Å². The standard InChI is InChI=1S/C22H27N9O/c1-32-17-10-9-15-13-18(21-23-25-28-31(21)19(15)14-17)20(29-11-5-2-6-12-29)22-24-26-27-30(22)16-7-3-4-8-16/h9-10,13-14,16,20H,2-8,11-12H2,1H3. The van der Waals surface area contributed by atoms with Gasteiger partial charge in [0, 0.05) is 17.0 Å². The van der Waals surface area contributed by atoms with Gasteiger partial charge in [-0.05, 0) is 77.8 Å². The summed E-state index contributed by atoms with van der Waals surface area (Å²) in [6, 6.07) is 8.48. The lowest BCUT2D eigenvalue weighted by molar-refractivity contribution is 0.175. The fourth-order valence-corrected chi connectivity index (χ4v) is 5.38. The van der Waals surface area contributed by atoms with Gasteiger partial charge in [0.15, 0.2) is 11.5 Å². The van der Waals surface area contributed by atoms with Gasteiger partial charge in [-0.25, -0.2) is 4.68 Å². The van der Waals surface area contributed by atoms with Crippen molar-refractivity contribution in [1.82, 2.24) is 45.1 Å². The predicted molar refractivity (Wildman–Crippen MR) is 117 cm³/mol. The Morgan fingerprint density at radius 1 is 0.938 bits per heavy atom. The topological polar surface area (TPSA) is 99.2 Å². The van der Waals surface area contributed by atoms with Crippen LogP contribution in [0.2, 0.25) is 0 Å². The van der Waals surface area contributed by atoms with Crippen molar-refractivity contribution in [3.63, 3.8) is 0 Å². The lowest BCUT2D eigenvalue weighted by Gasteiger charge is -2.34. The Labute approximate surface area is 185 Å². The second-order valence-corrected chi connectivity index (χ2v) is 8.86. The van der Waals surface area contributed by atoms with Gasteiger partial charge < -0.3 is 4.74 Å². The van der Waals surface area contributed by atoms with E-state index in [1.807, 2.05) is 16.6 Å². The summed E-state index contributed by atoms with van der Waals surface area (Å²) in [5.41, 5.74) is 2.70. The van der Waals surface area contributed by atoms with Crippen LogP contribution in [0.15, 0.2) is 24.3 Å². The first-order chi connectivity index (χ1) is 15.8. The molecule has 2 aliphatic rings. The van der Waals surface area contributed by atoms with Gasteiger partial charge >= 0.3 is 0 Å². The Balaban J connectivity index is 1.56. The molecule has 4 heterocycles. The van der Waals surface area contributed by atoms with E-state index in [1.54, 1.807) is 7.11 Å². The SMILES string of the molecule is COc1ccc2cc(C(c3nnnn3C3CCCC3)N3CCCCC3)c3nnnn3c2c1. The summed E-state index contributed by atoms with van der Waals surface area (Å²) in [7, 11) is 1.67. The number of ether oxygens (including phenoxy) is 1. The molecule has 1 saturated heterocycles. The van der Waals surface area contributed by atoms with Crippen LogP contribution in [-0.4, -0.2) is 65.3 Å². The highest BCUT2D eigenvalue weighted by atomic mass is 16.5. The van der Waals surface area contributed by atoms with Gasteiger partial charge in [-0.2, -0.15) is 4.52 Å². The van der Waals surface area contributed by atoms with Crippen LogP contribution in [0.3, 0.4) is 0 Å². The van der Waals surface area contributed by atoms with Crippen molar-refractivity contribution < 1.29 is 4.74 Å². The molecule has 1 aromatic carbocycles. The average molecular weight is 434 g/mol. The van der Waals surface area contributed by atoms with E-state index in [9.17, 15) is 0 Å². The first-order valence-electron chi connectivity index (χ1n) is 11.5. The number of likely N-dealkylation sites (tertiary alicyclic amines) is 1. The van der Waals surface area contributed by atoms with Crippen LogP contribution < -0.4 is 4.74 Å². The molecule has 1 aliphatic carbocycles. The molecule has 10 heteroatoms. The Morgan fingerprint density at radius 2 is 1.75 bits per heavy atom. The van der Waals surface area contributed by atoms with Gasteiger partial charge in [-0.1, -0.05) is 19.3 Å². The fourth-order valence-electron chi connectivity index (χ4n) is 5.38. The Morgan fingerprint density at radius 3 is 2.56 bits per heavy atom. The quantitative estimate of drug-likeness (QED) is 0.474. The van der Waals surface area contributed by atoms with Gasteiger partial charge in [0.1, 0.15) is 11.8 Å². The van der Waals surface area contributed by atoms with Crippen LogP contribution in [0, 0.1) is 0 Å². The van der Waals surface area contributed by atoms with Crippen molar-refractivity contribution in [2.75, 3.05) is 20.2 Å². The number of methoxy groups -OCH3 is 1. The molecule has 0 radical (unpaired) electrons. The number of aromatic nitrogens is 8. The highest BCUT2D eigenvalue weighted by Crippen LogP contribution is 2.37. The fraction of sp³-hybridized carbons (Fsp3) is 0.545. The van der Waals surface area contributed by atoms with E-state index in [0.29, 0.717) is 6.04 Å². The predicted octanol–water partition coefficient (Wildman–Crippen LogP) is 2.96. The molecule has 4 aromatic rings. The molecule has 1 atom stereocenters. The molecule has 0 spiro atoms. The molecule has 10 nitrogen and oxygen atoms in total. The van der Waals surface area contributed by atoms with Crippen LogP contribution in [0.4, 0.5) is 0 Å². The number of fused-ring (bicyclic) bond motifs is 3. The molecule has 1 unspecified atom stereocenters. The molecule has 0 N–H and O–H groups in total. The zero-order valence-electron chi connectivity index (χ0n) is 18.3. The van der Waals surface area contributed by atoms with Crippen LogP contribution >= 0.6 is 0 Å². The van der Waals surface area contributed by atoms with Gasteiger partial charge in [-0.3, -0.25) is 4.90 Å². The molecule has 6 rings (SSSR count). The zero-order chi connectivity index (χ0) is 21.5. The summed E-state index contributed by atoms with van der Waals surface area (Å²) in [6.45, 7) is 2.02. The van der Waals surface area contributed by atoms with E-state index < -0.39 is 0 Å². The number of hydrogen-bond acceptors (Lipinski definition) is 8. The molecular formula is C22H27N9O. The maximum atomic E-state index is 5.43. The van der Waals surface area contributed by atoms with E-state index in [2.05, 4.69) is 52.8 Å². The normalized spacial score (nSPS) is 19.2. The second kappa shape index (κ2) is 8.09. The number of nitrogens with zero attached hydrogens (tertiary/aromatic N) is 9. The van der Waals surface area contributed by atoms with Crippen LogP contribution in [0.25, 0.3) is 16.6 Å². The first-order valence-corrected chi connectivity index (χ1v) is 11.5. The minimum Gasteiger partial charge on any atom is -0.497 e. The number of piperidine rings is 1. The lowest BCUT2D eigenvalue weighted by atomic mass is 9.99. The minimum atomic E-state index is -0.0918. The third-order valence-electron chi connectivity index (χ3n) is 6.99. The molecule has 1 saturated carbocycles. The van der Waals surface area contributed by atoms with Crippen molar-refractivity contribution >= 4 is 16.6 Å². The summed E-state index contributed by atoms with van der Waals surface area (Å²) in [6.07, 6.45) is 8.33. The highest BCUT2D eigenvalue weighted by Gasteiger charge is 2.34. The summed E-state index contributed by atoms with van der Waals surface area (Å²) in [5, 5.41) is 27.0. The summed E-state index contributed by atoms with van der Waals surface area (Å²) in [4.78, 5) is 2.50. The van der Waals surface area contributed by atoms with Crippen molar-refractivity contribution in [3.8, 4) is 5.75 Å².